The summed E-state index contributed by atoms with van der Waals surface area (Å²) >= 11 is 12.4. The number of nitrogens with one attached hydrogen (secondary N) is 1. The first-order valence-electron chi connectivity index (χ1n) is 6.32. The average Bonchev–Trinajstić information content (AvgIpc) is 2.45. The molecule has 0 saturated carbocycles. The largest absolute Gasteiger partial charge is 0.305 e. The number of rotatable bonds is 5. The van der Waals surface area contributed by atoms with Crippen molar-refractivity contribution in [1.29, 1.82) is 0 Å². The van der Waals surface area contributed by atoms with Crippen LogP contribution in [0.1, 0.15) is 30.6 Å². The van der Waals surface area contributed by atoms with Crippen LogP contribution in [0.3, 0.4) is 0 Å². The van der Waals surface area contributed by atoms with Crippen LogP contribution in [0.15, 0.2) is 42.6 Å². The second kappa shape index (κ2) is 6.90. The molecule has 100 valence electrons. The molecule has 0 aliphatic carbocycles. The van der Waals surface area contributed by atoms with Crippen molar-refractivity contribution in [2.24, 2.45) is 0 Å². The minimum absolute atomic E-state index is 0.0349. The third kappa shape index (κ3) is 3.47. The zero-order valence-corrected chi connectivity index (χ0v) is 12.2. The maximum absolute atomic E-state index is 6.32. The van der Waals surface area contributed by atoms with Gasteiger partial charge in [0.25, 0.3) is 0 Å². The summed E-state index contributed by atoms with van der Waals surface area (Å²) in [4.78, 5) is 4.41. The van der Waals surface area contributed by atoms with Crippen LogP contribution in [-0.2, 0) is 0 Å². The predicted octanol–water partition coefficient (Wildman–Crippen LogP) is 4.48. The number of aromatic nitrogens is 1. The normalized spacial score (nSPS) is 12.4. The maximum Gasteiger partial charge on any atom is 0.0766 e. The van der Waals surface area contributed by atoms with Crippen molar-refractivity contribution >= 4 is 23.2 Å². The highest BCUT2D eigenvalue weighted by Gasteiger charge is 2.18. The van der Waals surface area contributed by atoms with Crippen LogP contribution >= 0.6 is 23.2 Å². The molecule has 1 atom stereocenters. The first-order valence-corrected chi connectivity index (χ1v) is 7.08. The lowest BCUT2D eigenvalue weighted by Crippen LogP contribution is -2.24. The van der Waals surface area contributed by atoms with Gasteiger partial charge < -0.3 is 5.32 Å². The van der Waals surface area contributed by atoms with Crippen LogP contribution in [0.2, 0.25) is 10.0 Å². The highest BCUT2D eigenvalue weighted by Crippen LogP contribution is 2.32. The molecule has 1 unspecified atom stereocenters. The molecule has 1 N–H and O–H groups in total. The van der Waals surface area contributed by atoms with E-state index in [0.717, 1.165) is 24.2 Å². The zero-order chi connectivity index (χ0) is 13.7. The van der Waals surface area contributed by atoms with Crippen molar-refractivity contribution in [3.05, 3.63) is 63.9 Å². The first kappa shape index (κ1) is 14.3. The van der Waals surface area contributed by atoms with Gasteiger partial charge in [0.2, 0.25) is 0 Å². The standard InChI is InChI=1S/C15H16Cl2N2/c1-2-9-19-15(13-8-3-4-10-18-13)11-6-5-7-12(16)14(11)17/h3-8,10,15,19H,2,9H2,1H3. The van der Waals surface area contributed by atoms with E-state index in [9.17, 15) is 0 Å². The average molecular weight is 295 g/mol. The van der Waals surface area contributed by atoms with Gasteiger partial charge in [0, 0.05) is 6.20 Å². The molecule has 2 aromatic rings. The number of halogens is 2. The summed E-state index contributed by atoms with van der Waals surface area (Å²) in [6, 6.07) is 11.5. The van der Waals surface area contributed by atoms with Gasteiger partial charge >= 0.3 is 0 Å². The molecule has 2 nitrogen and oxygen atoms in total. The Morgan fingerprint density at radius 1 is 1.16 bits per heavy atom. The molecule has 0 radical (unpaired) electrons. The topological polar surface area (TPSA) is 24.9 Å². The number of hydrogen-bond acceptors (Lipinski definition) is 2. The van der Waals surface area contributed by atoms with Crippen LogP contribution in [0, 0.1) is 0 Å². The Morgan fingerprint density at radius 2 is 2.00 bits per heavy atom. The highest BCUT2D eigenvalue weighted by atomic mass is 35.5. The fourth-order valence-corrected chi connectivity index (χ4v) is 2.37. The lowest BCUT2D eigenvalue weighted by atomic mass is 10.0. The quantitative estimate of drug-likeness (QED) is 0.880. The molecule has 0 aliphatic rings. The molecule has 1 heterocycles. The number of benzene rings is 1. The second-order valence-electron chi connectivity index (χ2n) is 4.28. The van der Waals surface area contributed by atoms with Crippen LogP contribution in [0.25, 0.3) is 0 Å². The third-order valence-electron chi connectivity index (χ3n) is 2.87. The van der Waals surface area contributed by atoms with E-state index in [4.69, 9.17) is 23.2 Å². The lowest BCUT2D eigenvalue weighted by molar-refractivity contribution is 0.587. The van der Waals surface area contributed by atoms with E-state index >= 15 is 0 Å². The maximum atomic E-state index is 6.32. The van der Waals surface area contributed by atoms with Gasteiger partial charge in [0.15, 0.2) is 0 Å². The Labute approximate surface area is 123 Å². The molecule has 1 aromatic heterocycles. The summed E-state index contributed by atoms with van der Waals surface area (Å²) in [6.07, 6.45) is 2.83. The van der Waals surface area contributed by atoms with E-state index in [1.807, 2.05) is 30.3 Å². The van der Waals surface area contributed by atoms with Gasteiger partial charge in [-0.25, -0.2) is 0 Å². The molecular formula is C15H16Cl2N2. The summed E-state index contributed by atoms with van der Waals surface area (Å²) in [5, 5.41) is 4.62. The van der Waals surface area contributed by atoms with Gasteiger partial charge in [-0.2, -0.15) is 0 Å². The van der Waals surface area contributed by atoms with Crippen LogP contribution in [0.5, 0.6) is 0 Å². The summed E-state index contributed by atoms with van der Waals surface area (Å²) in [5.74, 6) is 0. The second-order valence-corrected chi connectivity index (χ2v) is 5.07. The predicted molar refractivity (Wildman–Crippen MR) is 80.8 cm³/mol. The highest BCUT2D eigenvalue weighted by molar-refractivity contribution is 6.42. The van der Waals surface area contributed by atoms with Crippen LogP contribution < -0.4 is 5.32 Å². The van der Waals surface area contributed by atoms with E-state index in [1.165, 1.54) is 0 Å². The van der Waals surface area contributed by atoms with Gasteiger partial charge in [0.05, 0.1) is 21.8 Å². The molecule has 0 amide bonds. The van der Waals surface area contributed by atoms with Crippen molar-refractivity contribution in [3.8, 4) is 0 Å². The summed E-state index contributed by atoms with van der Waals surface area (Å²) in [6.45, 7) is 3.02. The van der Waals surface area contributed by atoms with E-state index in [-0.39, 0.29) is 6.04 Å². The number of pyridine rings is 1. The molecule has 4 heteroatoms. The fraction of sp³-hybridized carbons (Fsp3) is 0.267. The van der Waals surface area contributed by atoms with E-state index in [1.54, 1.807) is 12.3 Å². The monoisotopic (exact) mass is 294 g/mol. The van der Waals surface area contributed by atoms with Crippen molar-refractivity contribution in [1.82, 2.24) is 10.3 Å². The molecule has 0 fully saturated rings. The molecule has 0 spiro atoms. The molecule has 19 heavy (non-hydrogen) atoms. The van der Waals surface area contributed by atoms with Gasteiger partial charge in [-0.15, -0.1) is 0 Å². The van der Waals surface area contributed by atoms with Crippen LogP contribution in [0.4, 0.5) is 0 Å². The van der Waals surface area contributed by atoms with Crippen molar-refractivity contribution in [2.45, 2.75) is 19.4 Å². The molecule has 0 bridgehead atoms. The Hall–Kier alpha value is -1.09. The SMILES string of the molecule is CCCNC(c1ccccn1)c1cccc(Cl)c1Cl. The van der Waals surface area contributed by atoms with Crippen molar-refractivity contribution in [2.75, 3.05) is 6.54 Å². The van der Waals surface area contributed by atoms with E-state index in [2.05, 4.69) is 17.2 Å². The minimum Gasteiger partial charge on any atom is -0.305 e. The molecule has 0 aliphatic heterocycles. The first-order chi connectivity index (χ1) is 9.24. The van der Waals surface area contributed by atoms with Gasteiger partial charge in [-0.3, -0.25) is 4.98 Å². The molecule has 2 rings (SSSR count). The summed E-state index contributed by atoms with van der Waals surface area (Å²) < 4.78 is 0. The summed E-state index contributed by atoms with van der Waals surface area (Å²) in [5.41, 5.74) is 1.90. The van der Waals surface area contributed by atoms with E-state index in [0.29, 0.717) is 10.0 Å². The van der Waals surface area contributed by atoms with Gasteiger partial charge in [-0.05, 0) is 36.7 Å². The number of nitrogens with zero attached hydrogens (tertiary/aromatic N) is 1. The minimum atomic E-state index is -0.0349. The molecular weight excluding hydrogens is 279 g/mol. The van der Waals surface area contributed by atoms with Crippen molar-refractivity contribution in [3.63, 3.8) is 0 Å². The van der Waals surface area contributed by atoms with Gasteiger partial charge in [-0.1, -0.05) is 48.3 Å². The Balaban J connectivity index is 2.40. The summed E-state index contributed by atoms with van der Waals surface area (Å²) in [7, 11) is 0. The molecule has 0 saturated heterocycles. The zero-order valence-electron chi connectivity index (χ0n) is 10.7. The number of hydrogen-bond donors (Lipinski definition) is 1. The lowest BCUT2D eigenvalue weighted by Gasteiger charge is -2.20. The Kier molecular flexibility index (Phi) is 5.20. The van der Waals surface area contributed by atoms with E-state index < -0.39 is 0 Å². The van der Waals surface area contributed by atoms with Crippen LogP contribution in [-0.4, -0.2) is 11.5 Å². The Morgan fingerprint density at radius 3 is 2.68 bits per heavy atom. The fourth-order valence-electron chi connectivity index (χ4n) is 1.95. The van der Waals surface area contributed by atoms with Gasteiger partial charge in [0.1, 0.15) is 0 Å². The van der Waals surface area contributed by atoms with Crippen molar-refractivity contribution < 1.29 is 0 Å². The smallest absolute Gasteiger partial charge is 0.0766 e. The molecule has 1 aromatic carbocycles. The third-order valence-corrected chi connectivity index (χ3v) is 3.71. The Bertz CT molecular complexity index is 529.